The molecule has 0 radical (unpaired) electrons. The van der Waals surface area contributed by atoms with Gasteiger partial charge in [0.1, 0.15) is 0 Å². The lowest BCUT2D eigenvalue weighted by atomic mass is 10.0. The number of hydrogen-bond donors (Lipinski definition) is 2. The molecule has 0 aliphatic heterocycles. The number of benzene rings is 2. The summed E-state index contributed by atoms with van der Waals surface area (Å²) in [6, 6.07) is 16.5. The van der Waals surface area contributed by atoms with Gasteiger partial charge in [-0.15, -0.1) is 0 Å². The summed E-state index contributed by atoms with van der Waals surface area (Å²) >= 11 is 0. The van der Waals surface area contributed by atoms with Gasteiger partial charge in [0, 0.05) is 17.8 Å². The molecule has 0 saturated carbocycles. The third kappa shape index (κ3) is 3.58. The number of rotatable bonds is 5. The van der Waals surface area contributed by atoms with Gasteiger partial charge in [0.15, 0.2) is 0 Å². The molecule has 0 bridgehead atoms. The van der Waals surface area contributed by atoms with Crippen LogP contribution in [-0.2, 0) is 13.2 Å². The van der Waals surface area contributed by atoms with Crippen molar-refractivity contribution < 1.29 is 5.11 Å². The van der Waals surface area contributed by atoms with E-state index in [1.165, 1.54) is 11.1 Å². The molecule has 0 fully saturated rings. The van der Waals surface area contributed by atoms with Gasteiger partial charge in [-0.3, -0.25) is 0 Å². The molecule has 0 heterocycles. The van der Waals surface area contributed by atoms with E-state index in [1.54, 1.807) is 0 Å². The van der Waals surface area contributed by atoms with Crippen LogP contribution >= 0.6 is 0 Å². The lowest BCUT2D eigenvalue weighted by Gasteiger charge is -2.11. The second kappa shape index (κ2) is 6.39. The van der Waals surface area contributed by atoms with Gasteiger partial charge in [0.05, 0.1) is 6.61 Å². The van der Waals surface area contributed by atoms with E-state index in [0.717, 1.165) is 17.8 Å². The smallest absolute Gasteiger partial charge is 0.0701 e. The minimum atomic E-state index is 0.0649. The van der Waals surface area contributed by atoms with Crippen LogP contribution in [0, 0.1) is 0 Å². The van der Waals surface area contributed by atoms with Gasteiger partial charge in [-0.1, -0.05) is 56.3 Å². The summed E-state index contributed by atoms with van der Waals surface area (Å²) in [7, 11) is 0. The Labute approximate surface area is 115 Å². The average Bonchev–Trinajstić information content (AvgIpc) is 2.45. The highest BCUT2D eigenvalue weighted by Crippen LogP contribution is 2.18. The molecule has 2 N–H and O–H groups in total. The molecule has 19 heavy (non-hydrogen) atoms. The molecule has 0 atom stereocenters. The van der Waals surface area contributed by atoms with Crippen LogP contribution in [0.5, 0.6) is 0 Å². The average molecular weight is 255 g/mol. The van der Waals surface area contributed by atoms with Crippen molar-refractivity contribution in [1.82, 2.24) is 0 Å². The monoisotopic (exact) mass is 255 g/mol. The number of para-hydroxylation sites is 1. The van der Waals surface area contributed by atoms with Crippen LogP contribution in [0.25, 0.3) is 0 Å². The molecule has 2 aromatic rings. The third-order valence-electron chi connectivity index (χ3n) is 3.32. The fourth-order valence-electron chi connectivity index (χ4n) is 2.05. The summed E-state index contributed by atoms with van der Waals surface area (Å²) < 4.78 is 0. The SMILES string of the molecule is CC(C)c1ccc(CNc2ccccc2CO)cc1. The van der Waals surface area contributed by atoms with Crippen molar-refractivity contribution in [3.05, 3.63) is 65.2 Å². The third-order valence-corrected chi connectivity index (χ3v) is 3.32. The number of aliphatic hydroxyl groups is 1. The quantitative estimate of drug-likeness (QED) is 0.849. The first-order valence-corrected chi connectivity index (χ1v) is 6.72. The van der Waals surface area contributed by atoms with Gasteiger partial charge in [-0.2, -0.15) is 0 Å². The van der Waals surface area contributed by atoms with Crippen LogP contribution in [-0.4, -0.2) is 5.11 Å². The summed E-state index contributed by atoms with van der Waals surface area (Å²) in [6.07, 6.45) is 0. The number of hydrogen-bond acceptors (Lipinski definition) is 2. The van der Waals surface area contributed by atoms with E-state index < -0.39 is 0 Å². The van der Waals surface area contributed by atoms with Crippen LogP contribution in [0.4, 0.5) is 5.69 Å². The molecule has 0 aliphatic carbocycles. The standard InChI is InChI=1S/C17H21NO/c1-13(2)15-9-7-14(8-10-15)11-18-17-6-4-3-5-16(17)12-19/h3-10,13,18-19H,11-12H2,1-2H3. The Bertz CT molecular complexity index is 517. The molecule has 2 aromatic carbocycles. The first kappa shape index (κ1) is 13.6. The van der Waals surface area contributed by atoms with Crippen molar-refractivity contribution in [2.24, 2.45) is 0 Å². The Morgan fingerprint density at radius 3 is 2.32 bits per heavy atom. The molecule has 0 saturated heterocycles. The molecule has 0 unspecified atom stereocenters. The fourth-order valence-corrected chi connectivity index (χ4v) is 2.05. The Kier molecular flexibility index (Phi) is 4.58. The zero-order chi connectivity index (χ0) is 13.7. The van der Waals surface area contributed by atoms with Crippen LogP contribution < -0.4 is 5.32 Å². The Hall–Kier alpha value is -1.80. The number of aliphatic hydroxyl groups excluding tert-OH is 1. The highest BCUT2D eigenvalue weighted by atomic mass is 16.3. The lowest BCUT2D eigenvalue weighted by molar-refractivity contribution is 0.282. The molecule has 0 spiro atoms. The fraction of sp³-hybridized carbons (Fsp3) is 0.294. The summed E-state index contributed by atoms with van der Waals surface area (Å²) in [6.45, 7) is 5.24. The van der Waals surface area contributed by atoms with Crippen molar-refractivity contribution in [3.63, 3.8) is 0 Å². The minimum Gasteiger partial charge on any atom is -0.392 e. The second-order valence-electron chi connectivity index (χ2n) is 5.07. The highest BCUT2D eigenvalue weighted by molar-refractivity contribution is 5.51. The summed E-state index contributed by atoms with van der Waals surface area (Å²) in [4.78, 5) is 0. The number of nitrogens with one attached hydrogen (secondary N) is 1. The Morgan fingerprint density at radius 2 is 1.68 bits per heavy atom. The van der Waals surface area contributed by atoms with Gasteiger partial charge >= 0.3 is 0 Å². The van der Waals surface area contributed by atoms with Gasteiger partial charge in [0.25, 0.3) is 0 Å². The maximum absolute atomic E-state index is 9.27. The molecule has 2 rings (SSSR count). The van der Waals surface area contributed by atoms with Crippen LogP contribution in [0.3, 0.4) is 0 Å². The van der Waals surface area contributed by atoms with E-state index in [0.29, 0.717) is 5.92 Å². The van der Waals surface area contributed by atoms with Crippen LogP contribution in [0.15, 0.2) is 48.5 Å². The molecule has 2 nitrogen and oxygen atoms in total. The predicted octanol–water partition coefficient (Wildman–Crippen LogP) is 3.91. The van der Waals surface area contributed by atoms with E-state index in [2.05, 4.69) is 43.4 Å². The second-order valence-corrected chi connectivity index (χ2v) is 5.07. The van der Waals surface area contributed by atoms with E-state index in [9.17, 15) is 5.11 Å². The van der Waals surface area contributed by atoms with Crippen molar-refractivity contribution in [2.45, 2.75) is 32.9 Å². The van der Waals surface area contributed by atoms with Gasteiger partial charge in [-0.25, -0.2) is 0 Å². The van der Waals surface area contributed by atoms with Crippen LogP contribution in [0.2, 0.25) is 0 Å². The molecular weight excluding hydrogens is 234 g/mol. The van der Waals surface area contributed by atoms with Crippen LogP contribution in [0.1, 0.15) is 36.5 Å². The molecule has 2 heteroatoms. The Balaban J connectivity index is 2.02. The van der Waals surface area contributed by atoms with Gasteiger partial charge in [-0.05, 0) is 23.1 Å². The van der Waals surface area contributed by atoms with E-state index >= 15 is 0 Å². The molecular formula is C17H21NO. The van der Waals surface area contributed by atoms with Crippen molar-refractivity contribution in [2.75, 3.05) is 5.32 Å². The molecule has 0 aromatic heterocycles. The summed E-state index contributed by atoms with van der Waals surface area (Å²) in [5.41, 5.74) is 4.54. The predicted molar refractivity (Wildman–Crippen MR) is 80.2 cm³/mol. The van der Waals surface area contributed by atoms with E-state index in [4.69, 9.17) is 0 Å². The zero-order valence-electron chi connectivity index (χ0n) is 11.6. The Morgan fingerprint density at radius 1 is 1.00 bits per heavy atom. The first-order chi connectivity index (χ1) is 9.20. The largest absolute Gasteiger partial charge is 0.392 e. The summed E-state index contributed by atoms with van der Waals surface area (Å²) in [5.74, 6) is 0.567. The van der Waals surface area contributed by atoms with Crippen molar-refractivity contribution in [3.8, 4) is 0 Å². The minimum absolute atomic E-state index is 0.0649. The number of anilines is 1. The van der Waals surface area contributed by atoms with Crippen molar-refractivity contribution >= 4 is 5.69 Å². The topological polar surface area (TPSA) is 32.3 Å². The first-order valence-electron chi connectivity index (χ1n) is 6.72. The van der Waals surface area contributed by atoms with Gasteiger partial charge < -0.3 is 10.4 Å². The molecule has 0 amide bonds. The molecule has 100 valence electrons. The normalized spacial score (nSPS) is 10.7. The van der Waals surface area contributed by atoms with Crippen molar-refractivity contribution in [1.29, 1.82) is 0 Å². The van der Waals surface area contributed by atoms with E-state index in [1.807, 2.05) is 24.3 Å². The van der Waals surface area contributed by atoms with E-state index in [-0.39, 0.29) is 6.61 Å². The molecule has 0 aliphatic rings. The lowest BCUT2D eigenvalue weighted by Crippen LogP contribution is -2.02. The maximum Gasteiger partial charge on any atom is 0.0701 e. The maximum atomic E-state index is 9.27. The summed E-state index contributed by atoms with van der Waals surface area (Å²) in [5, 5.41) is 12.6. The van der Waals surface area contributed by atoms with Gasteiger partial charge in [0.2, 0.25) is 0 Å². The highest BCUT2D eigenvalue weighted by Gasteiger charge is 2.01. The zero-order valence-corrected chi connectivity index (χ0v) is 11.6.